The van der Waals surface area contributed by atoms with Crippen LogP contribution >= 0.6 is 34.5 Å². The maximum Gasteiger partial charge on any atom is 0.192 e. The van der Waals surface area contributed by atoms with E-state index in [-0.39, 0.29) is 0 Å². The van der Waals surface area contributed by atoms with Crippen molar-refractivity contribution in [1.29, 1.82) is 0 Å². The van der Waals surface area contributed by atoms with Gasteiger partial charge in [0.05, 0.1) is 9.21 Å². The molecule has 3 rings (SSSR count). The Kier molecular flexibility index (Phi) is 2.35. The molecule has 0 saturated carbocycles. The van der Waals surface area contributed by atoms with Crippen LogP contribution in [0, 0.1) is 0 Å². The first-order valence-electron chi connectivity index (χ1n) is 4.51. The number of thiophene rings is 1. The Morgan fingerprint density at radius 1 is 1.12 bits per heavy atom. The van der Waals surface area contributed by atoms with E-state index in [0.717, 1.165) is 14.9 Å². The average molecular weight is 270 g/mol. The molecule has 3 heterocycles. The van der Waals surface area contributed by atoms with Crippen LogP contribution in [0.4, 0.5) is 0 Å². The first-order chi connectivity index (χ1) is 7.74. The van der Waals surface area contributed by atoms with Crippen molar-refractivity contribution in [2.24, 2.45) is 0 Å². The van der Waals surface area contributed by atoms with Gasteiger partial charge in [0.15, 0.2) is 11.5 Å². The summed E-state index contributed by atoms with van der Waals surface area (Å²) in [7, 11) is 0. The molecule has 16 heavy (non-hydrogen) atoms. The van der Waals surface area contributed by atoms with Gasteiger partial charge in [-0.05, 0) is 24.3 Å². The highest BCUT2D eigenvalue weighted by Gasteiger charge is 2.09. The maximum atomic E-state index is 6.00. The van der Waals surface area contributed by atoms with Gasteiger partial charge in [0, 0.05) is 0 Å². The lowest BCUT2D eigenvalue weighted by Crippen LogP contribution is -1.87. The van der Waals surface area contributed by atoms with Gasteiger partial charge in [0.1, 0.15) is 5.15 Å². The molecule has 0 aliphatic rings. The first-order valence-corrected chi connectivity index (χ1v) is 6.08. The van der Waals surface area contributed by atoms with E-state index in [2.05, 4.69) is 10.1 Å². The highest BCUT2D eigenvalue weighted by molar-refractivity contribution is 7.19. The molecule has 0 saturated heterocycles. The number of hydrogen-bond donors (Lipinski definition) is 0. The van der Waals surface area contributed by atoms with Gasteiger partial charge in [0.25, 0.3) is 0 Å². The molecule has 80 valence electrons. The standard InChI is InChI=1S/C10H5Cl2N3S/c11-7-2-1-3-9-13-10(14-15(7)9)6-4-5-8(12)16-6/h1-5H. The molecule has 0 fully saturated rings. The predicted octanol–water partition coefficient (Wildman–Crippen LogP) is 3.76. The smallest absolute Gasteiger partial charge is 0.192 e. The Morgan fingerprint density at radius 3 is 2.69 bits per heavy atom. The largest absolute Gasteiger partial charge is 0.206 e. The zero-order valence-corrected chi connectivity index (χ0v) is 10.2. The highest BCUT2D eigenvalue weighted by Crippen LogP contribution is 2.29. The van der Waals surface area contributed by atoms with E-state index >= 15 is 0 Å². The molecule has 0 atom stereocenters. The van der Waals surface area contributed by atoms with Crippen LogP contribution in [0.25, 0.3) is 16.3 Å². The zero-order valence-electron chi connectivity index (χ0n) is 7.89. The van der Waals surface area contributed by atoms with Crippen molar-refractivity contribution in [3.8, 4) is 10.7 Å². The first kappa shape index (κ1) is 10.1. The number of rotatable bonds is 1. The van der Waals surface area contributed by atoms with Gasteiger partial charge in [0.2, 0.25) is 0 Å². The summed E-state index contributed by atoms with van der Waals surface area (Å²) in [5.74, 6) is 0.644. The SMILES string of the molecule is Clc1ccc(-c2nc3cccc(Cl)n3n2)s1. The fourth-order valence-corrected chi connectivity index (χ4v) is 2.58. The third-order valence-corrected chi connectivity index (χ3v) is 3.62. The number of pyridine rings is 1. The number of hydrogen-bond acceptors (Lipinski definition) is 3. The van der Waals surface area contributed by atoms with E-state index in [1.165, 1.54) is 11.3 Å². The van der Waals surface area contributed by atoms with Crippen LogP contribution in [0.1, 0.15) is 0 Å². The van der Waals surface area contributed by atoms with Gasteiger partial charge < -0.3 is 0 Å². The summed E-state index contributed by atoms with van der Waals surface area (Å²) in [6.07, 6.45) is 0. The summed E-state index contributed by atoms with van der Waals surface area (Å²) in [5.41, 5.74) is 0.729. The minimum atomic E-state index is 0.541. The van der Waals surface area contributed by atoms with E-state index in [9.17, 15) is 0 Å². The third-order valence-electron chi connectivity index (χ3n) is 2.11. The zero-order chi connectivity index (χ0) is 11.1. The highest BCUT2D eigenvalue weighted by atomic mass is 35.5. The van der Waals surface area contributed by atoms with Crippen molar-refractivity contribution in [2.45, 2.75) is 0 Å². The fourth-order valence-electron chi connectivity index (χ4n) is 1.41. The van der Waals surface area contributed by atoms with E-state index in [4.69, 9.17) is 23.2 Å². The monoisotopic (exact) mass is 269 g/mol. The summed E-state index contributed by atoms with van der Waals surface area (Å²) < 4.78 is 2.32. The molecule has 3 aromatic heterocycles. The quantitative estimate of drug-likeness (QED) is 0.630. The summed E-state index contributed by atoms with van der Waals surface area (Å²) >= 11 is 13.3. The lowest BCUT2D eigenvalue weighted by Gasteiger charge is -1.91. The number of fused-ring (bicyclic) bond motifs is 1. The number of nitrogens with zero attached hydrogens (tertiary/aromatic N) is 3. The van der Waals surface area contributed by atoms with E-state index in [1.807, 2.05) is 24.3 Å². The van der Waals surface area contributed by atoms with Gasteiger partial charge >= 0.3 is 0 Å². The molecule has 6 heteroatoms. The van der Waals surface area contributed by atoms with Gasteiger partial charge in [-0.1, -0.05) is 29.3 Å². The van der Waals surface area contributed by atoms with Crippen LogP contribution in [-0.4, -0.2) is 14.6 Å². The molecule has 0 aromatic carbocycles. The van der Waals surface area contributed by atoms with Crippen molar-refractivity contribution >= 4 is 40.2 Å². The second-order valence-corrected chi connectivity index (χ2v) is 5.26. The second kappa shape index (κ2) is 3.73. The molecule has 0 bridgehead atoms. The Labute approximate surface area is 105 Å². The molecule has 0 aliphatic carbocycles. The van der Waals surface area contributed by atoms with Crippen LogP contribution < -0.4 is 0 Å². The Morgan fingerprint density at radius 2 is 2.00 bits per heavy atom. The van der Waals surface area contributed by atoms with Gasteiger partial charge in [-0.15, -0.1) is 16.4 Å². The number of aromatic nitrogens is 3. The van der Waals surface area contributed by atoms with Crippen molar-refractivity contribution in [1.82, 2.24) is 14.6 Å². The summed E-state index contributed by atoms with van der Waals surface area (Å²) in [6.45, 7) is 0. The van der Waals surface area contributed by atoms with E-state index < -0.39 is 0 Å². The van der Waals surface area contributed by atoms with Crippen molar-refractivity contribution < 1.29 is 0 Å². The van der Waals surface area contributed by atoms with Gasteiger partial charge in [-0.2, -0.15) is 0 Å². The molecular formula is C10H5Cl2N3S. The van der Waals surface area contributed by atoms with Crippen molar-refractivity contribution in [3.63, 3.8) is 0 Å². The van der Waals surface area contributed by atoms with E-state index in [1.54, 1.807) is 10.6 Å². The van der Waals surface area contributed by atoms with Crippen LogP contribution in [0.15, 0.2) is 30.3 Å². The molecule has 3 aromatic rings. The van der Waals surface area contributed by atoms with Crippen LogP contribution in [-0.2, 0) is 0 Å². The van der Waals surface area contributed by atoms with Gasteiger partial charge in [-0.25, -0.2) is 9.50 Å². The topological polar surface area (TPSA) is 30.2 Å². The minimum Gasteiger partial charge on any atom is -0.206 e. The lowest BCUT2D eigenvalue weighted by atomic mass is 10.4. The second-order valence-electron chi connectivity index (χ2n) is 3.16. The molecule has 0 aliphatic heterocycles. The minimum absolute atomic E-state index is 0.541. The van der Waals surface area contributed by atoms with Crippen molar-refractivity contribution in [3.05, 3.63) is 39.8 Å². The average Bonchev–Trinajstić information content (AvgIpc) is 2.84. The summed E-state index contributed by atoms with van der Waals surface area (Å²) in [5, 5.41) is 4.86. The van der Waals surface area contributed by atoms with Crippen molar-refractivity contribution in [2.75, 3.05) is 0 Å². The molecule has 0 amide bonds. The molecule has 0 N–H and O–H groups in total. The normalized spacial score (nSPS) is 11.1. The molecule has 0 spiro atoms. The summed E-state index contributed by atoms with van der Waals surface area (Å²) in [4.78, 5) is 5.31. The number of halogens is 2. The molecule has 0 radical (unpaired) electrons. The molecule has 3 nitrogen and oxygen atoms in total. The van der Waals surface area contributed by atoms with Crippen LogP contribution in [0.5, 0.6) is 0 Å². The van der Waals surface area contributed by atoms with Gasteiger partial charge in [-0.3, -0.25) is 0 Å². The van der Waals surface area contributed by atoms with E-state index in [0.29, 0.717) is 11.0 Å². The molecular weight excluding hydrogens is 265 g/mol. The van der Waals surface area contributed by atoms with Crippen LogP contribution in [0.3, 0.4) is 0 Å². The third kappa shape index (κ3) is 1.59. The lowest BCUT2D eigenvalue weighted by molar-refractivity contribution is 0.968. The maximum absolute atomic E-state index is 6.00. The van der Waals surface area contributed by atoms with Crippen LogP contribution in [0.2, 0.25) is 9.49 Å². The Bertz CT molecular complexity index is 659. The Balaban J connectivity index is 2.22. The summed E-state index contributed by atoms with van der Waals surface area (Å²) in [6, 6.07) is 9.20. The predicted molar refractivity (Wildman–Crippen MR) is 66.3 cm³/mol. The molecule has 0 unspecified atom stereocenters. The fraction of sp³-hybridized carbons (Fsp3) is 0. The Hall–Kier alpha value is -1.10.